The van der Waals surface area contributed by atoms with E-state index in [2.05, 4.69) is 5.32 Å². The van der Waals surface area contributed by atoms with Crippen molar-refractivity contribution in [1.29, 1.82) is 0 Å². The third-order valence-corrected chi connectivity index (χ3v) is 2.82. The molecule has 2 rings (SSSR count). The van der Waals surface area contributed by atoms with Gasteiger partial charge in [0.1, 0.15) is 0 Å². The number of hydrogen-bond donors (Lipinski definition) is 1. The van der Waals surface area contributed by atoms with E-state index in [1.165, 1.54) is 0 Å². The maximum Gasteiger partial charge on any atom is 0.246 e. The van der Waals surface area contributed by atoms with Crippen molar-refractivity contribution >= 4 is 11.6 Å². The zero-order valence-corrected chi connectivity index (χ0v) is 10.5. The van der Waals surface area contributed by atoms with Gasteiger partial charge in [0.25, 0.3) is 0 Å². The van der Waals surface area contributed by atoms with Crippen molar-refractivity contribution in [3.05, 3.63) is 22.7 Å². The van der Waals surface area contributed by atoms with Crippen LogP contribution in [0.2, 0.25) is 5.02 Å². The summed E-state index contributed by atoms with van der Waals surface area (Å²) in [7, 11) is 1.92. The lowest BCUT2D eigenvalue weighted by Crippen LogP contribution is -2.29. The zero-order valence-electron chi connectivity index (χ0n) is 9.76. The minimum absolute atomic E-state index is 0.590. The third-order valence-electron chi connectivity index (χ3n) is 2.47. The molecule has 0 aliphatic carbocycles. The van der Waals surface area contributed by atoms with Gasteiger partial charge in [0.05, 0.1) is 0 Å². The van der Waals surface area contributed by atoms with E-state index in [1.54, 1.807) is 0 Å². The summed E-state index contributed by atoms with van der Waals surface area (Å²) in [5.41, 5.74) is 1.08. The molecule has 1 aromatic rings. The van der Waals surface area contributed by atoms with Crippen molar-refractivity contribution in [2.24, 2.45) is 0 Å². The van der Waals surface area contributed by atoms with E-state index in [-0.39, 0.29) is 0 Å². The highest BCUT2D eigenvalue weighted by Gasteiger charge is 2.32. The van der Waals surface area contributed by atoms with Crippen molar-refractivity contribution < 1.29 is 9.47 Å². The minimum Gasteiger partial charge on any atom is -0.449 e. The Balaban J connectivity index is 2.26. The number of hydrogen-bond acceptors (Lipinski definition) is 3. The standard InChI is InChI=1S/C12H16ClNO2/c1-12(2)15-10-6-8(4-5-14-3)9(13)7-11(10)16-12/h6-7,14H,4-5H2,1-3H3. The minimum atomic E-state index is -0.590. The van der Waals surface area contributed by atoms with E-state index < -0.39 is 5.79 Å². The molecule has 0 aromatic heterocycles. The Morgan fingerprint density at radius 3 is 2.50 bits per heavy atom. The maximum absolute atomic E-state index is 6.17. The lowest BCUT2D eigenvalue weighted by Gasteiger charge is -2.16. The summed E-state index contributed by atoms with van der Waals surface area (Å²) in [5, 5.41) is 3.83. The Morgan fingerprint density at radius 2 is 1.88 bits per heavy atom. The van der Waals surface area contributed by atoms with Crippen LogP contribution >= 0.6 is 11.6 Å². The molecule has 16 heavy (non-hydrogen) atoms. The normalized spacial score (nSPS) is 16.5. The Bertz CT molecular complexity index is 404. The van der Waals surface area contributed by atoms with E-state index in [0.29, 0.717) is 0 Å². The Morgan fingerprint density at radius 1 is 1.25 bits per heavy atom. The van der Waals surface area contributed by atoms with E-state index in [9.17, 15) is 0 Å². The molecule has 3 nitrogen and oxygen atoms in total. The quantitative estimate of drug-likeness (QED) is 0.883. The summed E-state index contributed by atoms with van der Waals surface area (Å²) in [6, 6.07) is 3.79. The van der Waals surface area contributed by atoms with E-state index in [0.717, 1.165) is 35.1 Å². The average Bonchev–Trinajstić information content (AvgIpc) is 2.47. The van der Waals surface area contributed by atoms with Gasteiger partial charge in [0.15, 0.2) is 11.5 Å². The highest BCUT2D eigenvalue weighted by Crippen LogP contribution is 2.42. The molecule has 0 radical (unpaired) electrons. The molecule has 1 aliphatic heterocycles. The number of halogens is 1. The Hall–Kier alpha value is -0.930. The number of likely N-dealkylation sites (N-methyl/N-ethyl adjacent to an activating group) is 1. The van der Waals surface area contributed by atoms with Gasteiger partial charge in [0, 0.05) is 24.9 Å². The van der Waals surface area contributed by atoms with Crippen molar-refractivity contribution in [3.63, 3.8) is 0 Å². The molecule has 0 saturated heterocycles. The molecule has 1 N–H and O–H groups in total. The number of rotatable bonds is 3. The van der Waals surface area contributed by atoms with Crippen molar-refractivity contribution in [2.75, 3.05) is 13.6 Å². The summed E-state index contributed by atoms with van der Waals surface area (Å²) < 4.78 is 11.3. The van der Waals surface area contributed by atoms with Crippen LogP contribution in [0, 0.1) is 0 Å². The van der Waals surface area contributed by atoms with Crippen LogP contribution in [0.1, 0.15) is 19.4 Å². The van der Waals surface area contributed by atoms with E-state index in [4.69, 9.17) is 21.1 Å². The molecule has 1 aromatic carbocycles. The summed E-state index contributed by atoms with van der Waals surface area (Å²) in [6.07, 6.45) is 0.881. The van der Waals surface area contributed by atoms with Gasteiger partial charge in [-0.05, 0) is 31.6 Å². The first-order valence-corrected chi connectivity index (χ1v) is 5.75. The predicted molar refractivity (Wildman–Crippen MR) is 64.4 cm³/mol. The number of nitrogens with one attached hydrogen (secondary N) is 1. The van der Waals surface area contributed by atoms with Gasteiger partial charge in [-0.2, -0.15) is 0 Å². The maximum atomic E-state index is 6.17. The average molecular weight is 242 g/mol. The van der Waals surface area contributed by atoms with Crippen LogP contribution in [-0.4, -0.2) is 19.4 Å². The fourth-order valence-electron chi connectivity index (χ4n) is 1.74. The van der Waals surface area contributed by atoms with Gasteiger partial charge in [-0.1, -0.05) is 11.6 Å². The molecule has 88 valence electrons. The highest BCUT2D eigenvalue weighted by atomic mass is 35.5. The molecule has 0 spiro atoms. The number of ether oxygens (including phenoxy) is 2. The smallest absolute Gasteiger partial charge is 0.246 e. The first-order valence-electron chi connectivity index (χ1n) is 5.37. The number of fused-ring (bicyclic) bond motifs is 1. The van der Waals surface area contributed by atoms with Crippen LogP contribution in [0.15, 0.2) is 12.1 Å². The second-order valence-corrected chi connectivity index (χ2v) is 4.76. The SMILES string of the molecule is CNCCc1cc2c(cc1Cl)OC(C)(C)O2. The Labute approximate surface area is 101 Å². The van der Waals surface area contributed by atoms with Crippen molar-refractivity contribution in [3.8, 4) is 11.5 Å². The molecule has 1 heterocycles. The first-order chi connectivity index (χ1) is 7.52. The van der Waals surface area contributed by atoms with Crippen LogP contribution in [0.3, 0.4) is 0 Å². The van der Waals surface area contributed by atoms with Gasteiger partial charge in [-0.3, -0.25) is 0 Å². The summed E-state index contributed by atoms with van der Waals surface area (Å²) in [6.45, 7) is 4.66. The van der Waals surface area contributed by atoms with E-state index in [1.807, 2.05) is 33.0 Å². The van der Waals surface area contributed by atoms with Gasteiger partial charge in [0.2, 0.25) is 5.79 Å². The summed E-state index contributed by atoms with van der Waals surface area (Å²) >= 11 is 6.17. The van der Waals surface area contributed by atoms with Crippen LogP contribution in [0.4, 0.5) is 0 Å². The largest absolute Gasteiger partial charge is 0.449 e. The molecule has 0 bridgehead atoms. The molecular weight excluding hydrogens is 226 g/mol. The van der Waals surface area contributed by atoms with Gasteiger partial charge < -0.3 is 14.8 Å². The van der Waals surface area contributed by atoms with Gasteiger partial charge >= 0.3 is 0 Å². The molecule has 1 aliphatic rings. The second kappa shape index (κ2) is 4.15. The third kappa shape index (κ3) is 2.25. The van der Waals surface area contributed by atoms with Crippen LogP contribution in [0.5, 0.6) is 11.5 Å². The molecule has 0 unspecified atom stereocenters. The van der Waals surface area contributed by atoms with Crippen LogP contribution < -0.4 is 14.8 Å². The fourth-order valence-corrected chi connectivity index (χ4v) is 1.99. The van der Waals surface area contributed by atoms with Gasteiger partial charge in [-0.25, -0.2) is 0 Å². The first kappa shape index (κ1) is 11.6. The topological polar surface area (TPSA) is 30.5 Å². The lowest BCUT2D eigenvalue weighted by atomic mass is 10.1. The molecule has 0 amide bonds. The molecule has 0 atom stereocenters. The highest BCUT2D eigenvalue weighted by molar-refractivity contribution is 6.31. The fraction of sp³-hybridized carbons (Fsp3) is 0.500. The number of benzene rings is 1. The van der Waals surface area contributed by atoms with Crippen LogP contribution in [0.25, 0.3) is 0 Å². The molecule has 0 saturated carbocycles. The Kier molecular flexibility index (Phi) is 3.00. The molecule has 0 fully saturated rings. The predicted octanol–water partition coefficient (Wildman–Crippen LogP) is 2.61. The van der Waals surface area contributed by atoms with Gasteiger partial charge in [-0.15, -0.1) is 0 Å². The van der Waals surface area contributed by atoms with Crippen molar-refractivity contribution in [1.82, 2.24) is 5.32 Å². The lowest BCUT2D eigenvalue weighted by molar-refractivity contribution is -0.0431. The molecular formula is C12H16ClNO2. The van der Waals surface area contributed by atoms with Crippen molar-refractivity contribution in [2.45, 2.75) is 26.1 Å². The van der Waals surface area contributed by atoms with Crippen LogP contribution in [-0.2, 0) is 6.42 Å². The zero-order chi connectivity index (χ0) is 11.8. The monoisotopic (exact) mass is 241 g/mol. The molecule has 4 heteroatoms. The summed E-state index contributed by atoms with van der Waals surface area (Å²) in [4.78, 5) is 0. The second-order valence-electron chi connectivity index (χ2n) is 4.35. The van der Waals surface area contributed by atoms with E-state index >= 15 is 0 Å². The summed E-state index contributed by atoms with van der Waals surface area (Å²) in [5.74, 6) is 0.913.